The fourth-order valence-corrected chi connectivity index (χ4v) is 2.29. The average molecular weight is 314 g/mol. The van der Waals surface area contributed by atoms with E-state index in [-0.39, 0.29) is 12.3 Å². The molecule has 1 rings (SSSR count). The lowest BCUT2D eigenvalue weighted by Gasteiger charge is -2.28. The van der Waals surface area contributed by atoms with Gasteiger partial charge in [0.2, 0.25) is 5.91 Å². The SMILES string of the molecule is CN(C(=O)C(C)(C)CC(=O)O)c1ccccc1Br. The topological polar surface area (TPSA) is 57.6 Å². The van der Waals surface area contributed by atoms with E-state index in [4.69, 9.17) is 5.11 Å². The maximum absolute atomic E-state index is 12.3. The summed E-state index contributed by atoms with van der Waals surface area (Å²) in [5.41, 5.74) is -0.212. The molecule has 1 aromatic carbocycles. The van der Waals surface area contributed by atoms with Gasteiger partial charge in [0.1, 0.15) is 0 Å². The van der Waals surface area contributed by atoms with Gasteiger partial charge in [-0.2, -0.15) is 0 Å². The minimum absolute atomic E-state index is 0.194. The number of para-hydroxylation sites is 1. The molecule has 0 radical (unpaired) electrons. The Morgan fingerprint density at radius 2 is 1.89 bits per heavy atom. The Kier molecular flexibility index (Phi) is 4.51. The summed E-state index contributed by atoms with van der Waals surface area (Å²) in [6, 6.07) is 7.32. The van der Waals surface area contributed by atoms with Crippen LogP contribution in [-0.4, -0.2) is 24.0 Å². The quantitative estimate of drug-likeness (QED) is 0.929. The lowest BCUT2D eigenvalue weighted by Crippen LogP contribution is -2.40. The molecule has 1 amide bonds. The Labute approximate surface area is 115 Å². The van der Waals surface area contributed by atoms with Crippen LogP contribution < -0.4 is 4.90 Å². The first-order chi connectivity index (χ1) is 8.25. The van der Waals surface area contributed by atoms with Crippen molar-refractivity contribution in [1.29, 1.82) is 0 Å². The highest BCUT2D eigenvalue weighted by molar-refractivity contribution is 9.10. The molecular weight excluding hydrogens is 298 g/mol. The maximum atomic E-state index is 12.3. The third-order valence-electron chi connectivity index (χ3n) is 2.69. The third kappa shape index (κ3) is 3.32. The number of carboxylic acids is 1. The zero-order valence-corrected chi connectivity index (χ0v) is 12.2. The molecule has 0 atom stereocenters. The van der Waals surface area contributed by atoms with Crippen molar-refractivity contribution in [1.82, 2.24) is 0 Å². The Hall–Kier alpha value is -1.36. The van der Waals surface area contributed by atoms with Crippen molar-refractivity contribution in [2.75, 3.05) is 11.9 Å². The van der Waals surface area contributed by atoms with E-state index in [0.717, 1.165) is 10.2 Å². The zero-order valence-electron chi connectivity index (χ0n) is 10.6. The molecule has 0 fully saturated rings. The van der Waals surface area contributed by atoms with Crippen LogP contribution in [0.4, 0.5) is 5.69 Å². The molecule has 0 saturated carbocycles. The second kappa shape index (κ2) is 5.52. The van der Waals surface area contributed by atoms with Gasteiger partial charge in [0.15, 0.2) is 0 Å². The number of benzene rings is 1. The first-order valence-corrected chi connectivity index (χ1v) is 6.29. The number of halogens is 1. The molecule has 0 aromatic heterocycles. The molecule has 5 heteroatoms. The van der Waals surface area contributed by atoms with Crippen LogP contribution >= 0.6 is 15.9 Å². The minimum atomic E-state index is -0.978. The van der Waals surface area contributed by atoms with Crippen molar-refractivity contribution >= 4 is 33.5 Å². The van der Waals surface area contributed by atoms with Gasteiger partial charge in [-0.15, -0.1) is 0 Å². The number of aliphatic carboxylic acids is 1. The predicted molar refractivity (Wildman–Crippen MR) is 73.6 cm³/mol. The first-order valence-electron chi connectivity index (χ1n) is 5.50. The van der Waals surface area contributed by atoms with Crippen LogP contribution in [-0.2, 0) is 9.59 Å². The lowest BCUT2D eigenvalue weighted by molar-refractivity contribution is -0.143. The number of hydrogen-bond acceptors (Lipinski definition) is 2. The first kappa shape index (κ1) is 14.7. The largest absolute Gasteiger partial charge is 0.481 e. The van der Waals surface area contributed by atoms with Crippen LogP contribution in [0.1, 0.15) is 20.3 Å². The number of nitrogens with zero attached hydrogens (tertiary/aromatic N) is 1. The number of carbonyl (C=O) groups is 2. The van der Waals surface area contributed by atoms with Crippen LogP contribution in [0.25, 0.3) is 0 Å². The van der Waals surface area contributed by atoms with Crippen molar-refractivity contribution in [3.63, 3.8) is 0 Å². The van der Waals surface area contributed by atoms with Crippen LogP contribution in [0.15, 0.2) is 28.7 Å². The van der Waals surface area contributed by atoms with E-state index in [0.29, 0.717) is 0 Å². The van der Waals surface area contributed by atoms with E-state index in [9.17, 15) is 9.59 Å². The summed E-state index contributed by atoms with van der Waals surface area (Å²) in [5.74, 6) is -1.20. The molecule has 0 saturated heterocycles. The normalized spacial score (nSPS) is 11.1. The van der Waals surface area contributed by atoms with E-state index in [1.807, 2.05) is 18.2 Å². The van der Waals surface area contributed by atoms with Crippen molar-refractivity contribution in [2.24, 2.45) is 5.41 Å². The second-order valence-electron chi connectivity index (χ2n) is 4.77. The van der Waals surface area contributed by atoms with E-state index < -0.39 is 11.4 Å². The number of anilines is 1. The second-order valence-corrected chi connectivity index (χ2v) is 5.62. The van der Waals surface area contributed by atoms with E-state index in [1.54, 1.807) is 27.0 Å². The van der Waals surface area contributed by atoms with E-state index in [1.165, 1.54) is 4.90 Å². The van der Waals surface area contributed by atoms with Gasteiger partial charge in [-0.25, -0.2) is 0 Å². The molecule has 98 valence electrons. The van der Waals surface area contributed by atoms with Crippen LogP contribution in [0.2, 0.25) is 0 Å². The molecule has 0 aliphatic heterocycles. The summed E-state index contributed by atoms with van der Waals surface area (Å²) < 4.78 is 0.798. The molecule has 1 N–H and O–H groups in total. The number of hydrogen-bond donors (Lipinski definition) is 1. The predicted octanol–water partition coefficient (Wildman–Crippen LogP) is 2.91. The van der Waals surface area contributed by atoms with Crippen molar-refractivity contribution in [2.45, 2.75) is 20.3 Å². The Morgan fingerprint density at radius 3 is 2.39 bits per heavy atom. The molecule has 0 aliphatic carbocycles. The zero-order chi connectivity index (χ0) is 13.9. The number of amides is 1. The van der Waals surface area contributed by atoms with Gasteiger partial charge in [0, 0.05) is 11.5 Å². The van der Waals surface area contributed by atoms with Gasteiger partial charge in [-0.05, 0) is 28.1 Å². The molecule has 0 spiro atoms. The standard InChI is InChI=1S/C13H16BrNO3/c1-13(2,8-11(16)17)12(18)15(3)10-7-5-4-6-9(10)14/h4-7H,8H2,1-3H3,(H,16,17). The molecule has 0 bridgehead atoms. The third-order valence-corrected chi connectivity index (χ3v) is 3.36. The highest BCUT2D eigenvalue weighted by Gasteiger charge is 2.33. The summed E-state index contributed by atoms with van der Waals surface area (Å²) in [6.45, 7) is 3.27. The summed E-state index contributed by atoms with van der Waals surface area (Å²) in [6.07, 6.45) is -0.194. The van der Waals surface area contributed by atoms with Crippen LogP contribution in [0, 0.1) is 5.41 Å². The van der Waals surface area contributed by atoms with Crippen LogP contribution in [0.5, 0.6) is 0 Å². The average Bonchev–Trinajstić information content (AvgIpc) is 2.26. The Bertz CT molecular complexity index is 471. The number of carboxylic acid groups (broad SMARTS) is 1. The molecular formula is C13H16BrNO3. The van der Waals surface area contributed by atoms with Crippen LogP contribution in [0.3, 0.4) is 0 Å². The van der Waals surface area contributed by atoms with Gasteiger partial charge < -0.3 is 10.0 Å². The van der Waals surface area contributed by atoms with Crippen molar-refractivity contribution in [3.8, 4) is 0 Å². The summed E-state index contributed by atoms with van der Waals surface area (Å²) in [4.78, 5) is 24.5. The molecule has 4 nitrogen and oxygen atoms in total. The van der Waals surface area contributed by atoms with Gasteiger partial charge >= 0.3 is 5.97 Å². The molecule has 0 unspecified atom stereocenters. The van der Waals surface area contributed by atoms with Gasteiger partial charge in [-0.1, -0.05) is 26.0 Å². The number of rotatable bonds is 4. The Balaban J connectivity index is 2.97. The lowest BCUT2D eigenvalue weighted by atomic mass is 9.87. The fourth-order valence-electron chi connectivity index (χ4n) is 1.74. The molecule has 0 aliphatic rings. The highest BCUT2D eigenvalue weighted by atomic mass is 79.9. The molecule has 1 aromatic rings. The molecule has 0 heterocycles. The summed E-state index contributed by atoms with van der Waals surface area (Å²) in [7, 11) is 1.64. The molecule has 18 heavy (non-hydrogen) atoms. The summed E-state index contributed by atoms with van der Waals surface area (Å²) >= 11 is 3.37. The fraction of sp³-hybridized carbons (Fsp3) is 0.385. The van der Waals surface area contributed by atoms with Gasteiger partial charge in [-0.3, -0.25) is 9.59 Å². The maximum Gasteiger partial charge on any atom is 0.304 e. The van der Waals surface area contributed by atoms with Crippen molar-refractivity contribution in [3.05, 3.63) is 28.7 Å². The Morgan fingerprint density at radius 1 is 1.33 bits per heavy atom. The highest BCUT2D eigenvalue weighted by Crippen LogP contribution is 2.30. The monoisotopic (exact) mass is 313 g/mol. The van der Waals surface area contributed by atoms with E-state index in [2.05, 4.69) is 15.9 Å². The smallest absolute Gasteiger partial charge is 0.304 e. The van der Waals surface area contributed by atoms with Crippen molar-refractivity contribution < 1.29 is 14.7 Å². The van der Waals surface area contributed by atoms with E-state index >= 15 is 0 Å². The summed E-state index contributed by atoms with van der Waals surface area (Å²) in [5, 5.41) is 8.82. The van der Waals surface area contributed by atoms with Gasteiger partial charge in [0.25, 0.3) is 0 Å². The number of carbonyl (C=O) groups excluding carboxylic acids is 1. The minimum Gasteiger partial charge on any atom is -0.481 e. The van der Waals surface area contributed by atoms with Gasteiger partial charge in [0.05, 0.1) is 17.5 Å².